The van der Waals surface area contributed by atoms with Gasteiger partial charge in [0.05, 0.1) is 6.20 Å². The van der Waals surface area contributed by atoms with Gasteiger partial charge >= 0.3 is 17.9 Å². The van der Waals surface area contributed by atoms with Crippen molar-refractivity contribution >= 4 is 17.9 Å². The first-order chi connectivity index (χ1) is 17.3. The molecule has 7 nitrogen and oxygen atoms in total. The van der Waals surface area contributed by atoms with Crippen molar-refractivity contribution in [1.29, 1.82) is 0 Å². The van der Waals surface area contributed by atoms with Gasteiger partial charge < -0.3 is 15.3 Å². The minimum absolute atomic E-state index is 0.561. The van der Waals surface area contributed by atoms with Gasteiger partial charge in [-0.25, -0.2) is 14.4 Å². The smallest absolute Gasteiger partial charge is 0.359 e. The molecular formula is C29H54NO6+. The Morgan fingerprint density at radius 2 is 0.778 bits per heavy atom. The molecule has 7 heteroatoms. The summed E-state index contributed by atoms with van der Waals surface area (Å²) in [5.74, 6) is -3.65. The highest BCUT2D eigenvalue weighted by atomic mass is 16.4. The Bertz CT molecular complexity index is 564. The molecule has 0 rings (SSSR count). The Morgan fingerprint density at radius 1 is 0.500 bits per heavy atom. The quantitative estimate of drug-likeness (QED) is 0.0781. The molecule has 210 valence electrons. The zero-order valence-electron chi connectivity index (χ0n) is 22.9. The second-order valence-corrected chi connectivity index (χ2v) is 10.4. The lowest BCUT2D eigenvalue weighted by atomic mass is 10.0. The van der Waals surface area contributed by atoms with E-state index in [-0.39, 0.29) is 0 Å². The maximum absolute atomic E-state index is 11.2. The molecule has 0 saturated heterocycles. The van der Waals surface area contributed by atoms with Crippen molar-refractivity contribution in [3.63, 3.8) is 0 Å². The van der Waals surface area contributed by atoms with Gasteiger partial charge in [0.1, 0.15) is 0 Å². The molecular weight excluding hydrogens is 458 g/mol. The molecule has 0 radical (unpaired) electrons. The average molecular weight is 513 g/mol. The topological polar surface area (TPSA) is 112 Å². The van der Waals surface area contributed by atoms with Crippen LogP contribution in [0.2, 0.25) is 0 Å². The minimum atomic E-state index is -1.22. The van der Waals surface area contributed by atoms with Crippen molar-refractivity contribution in [2.45, 2.75) is 135 Å². The predicted molar refractivity (Wildman–Crippen MR) is 145 cm³/mol. The van der Waals surface area contributed by atoms with Crippen LogP contribution in [-0.4, -0.2) is 57.3 Å². The number of carboxylic acids is 3. The van der Waals surface area contributed by atoms with Gasteiger partial charge in [-0.3, -0.25) is 4.48 Å². The van der Waals surface area contributed by atoms with Crippen LogP contribution in [0.15, 0.2) is 12.3 Å². The lowest BCUT2D eigenvalue weighted by Gasteiger charge is -2.29. The molecule has 3 N–H and O–H groups in total. The number of hydrogen-bond acceptors (Lipinski definition) is 3. The highest BCUT2D eigenvalue weighted by Gasteiger charge is 2.34. The third-order valence-electron chi connectivity index (χ3n) is 6.75. The molecule has 0 saturated carbocycles. The molecule has 0 aromatic carbocycles. The fourth-order valence-electron chi connectivity index (χ4n) is 4.77. The standard InChI is InChI=1S/C29H53NO6/c1-2-3-4-5-6-7-8-9-10-11-12-13-14-15-16-17-18-19-20-21-22-23-30(24-27(31)32,25-28(33)34)26-29(35)36/h22-23H,2-21,24-26H2,1H3,(H2-,31,32,33,34,35,36)/p+1/b23-22+. The SMILES string of the molecule is CCCCCCCCCCCCCCCCCCCCC/C=C/[N+](CC(=O)O)(CC(=O)O)CC(=O)O. The molecule has 0 aromatic heterocycles. The van der Waals surface area contributed by atoms with Crippen molar-refractivity contribution in [3.8, 4) is 0 Å². The molecule has 0 aliphatic carbocycles. The summed E-state index contributed by atoms with van der Waals surface area (Å²) in [4.78, 5) is 33.5. The summed E-state index contributed by atoms with van der Waals surface area (Å²) in [7, 11) is 0. The Hall–Kier alpha value is -1.89. The molecule has 0 amide bonds. The van der Waals surface area contributed by atoms with E-state index in [0.29, 0.717) is 6.42 Å². The fraction of sp³-hybridized carbons (Fsp3) is 0.828. The van der Waals surface area contributed by atoms with Crippen LogP contribution < -0.4 is 0 Å². The molecule has 0 aromatic rings. The van der Waals surface area contributed by atoms with Gasteiger partial charge in [-0.2, -0.15) is 0 Å². The zero-order valence-corrected chi connectivity index (χ0v) is 22.9. The van der Waals surface area contributed by atoms with Crippen molar-refractivity contribution in [2.75, 3.05) is 19.6 Å². The summed E-state index contributed by atoms with van der Waals surface area (Å²) < 4.78 is -0.612. The van der Waals surface area contributed by atoms with Crippen LogP contribution in [0.3, 0.4) is 0 Å². The number of quaternary nitrogens is 1. The van der Waals surface area contributed by atoms with Crippen molar-refractivity contribution in [1.82, 2.24) is 0 Å². The molecule has 0 fully saturated rings. The third-order valence-corrected chi connectivity index (χ3v) is 6.75. The second-order valence-electron chi connectivity index (χ2n) is 10.4. The van der Waals surface area contributed by atoms with Crippen LogP contribution in [0.4, 0.5) is 0 Å². The van der Waals surface area contributed by atoms with Gasteiger partial charge in [-0.1, -0.05) is 122 Å². The summed E-state index contributed by atoms with van der Waals surface area (Å²) in [6.45, 7) is 0.583. The number of rotatable bonds is 27. The first kappa shape index (κ1) is 34.1. The number of hydrogen-bond donors (Lipinski definition) is 3. The molecule has 0 aliphatic rings. The summed E-state index contributed by atoms with van der Waals surface area (Å²) in [6.07, 6.45) is 28.9. The Balaban J connectivity index is 3.72. The van der Waals surface area contributed by atoms with Gasteiger partial charge in [-0.05, 0) is 18.9 Å². The van der Waals surface area contributed by atoms with E-state index in [2.05, 4.69) is 6.92 Å². The number of nitrogens with zero attached hydrogens (tertiary/aromatic N) is 1. The third kappa shape index (κ3) is 22.6. The Kier molecular flexibility index (Phi) is 22.3. The van der Waals surface area contributed by atoms with Crippen molar-refractivity contribution < 1.29 is 34.2 Å². The monoisotopic (exact) mass is 512 g/mol. The van der Waals surface area contributed by atoms with Crippen LogP contribution >= 0.6 is 0 Å². The van der Waals surface area contributed by atoms with Crippen LogP contribution in [0, 0.1) is 0 Å². The number of unbranched alkanes of at least 4 members (excludes halogenated alkanes) is 19. The van der Waals surface area contributed by atoms with E-state index in [1.165, 1.54) is 109 Å². The van der Waals surface area contributed by atoms with Gasteiger partial charge in [-0.15, -0.1) is 0 Å². The van der Waals surface area contributed by atoms with Crippen LogP contribution in [0.5, 0.6) is 0 Å². The highest BCUT2D eigenvalue weighted by Crippen LogP contribution is 2.15. The van der Waals surface area contributed by atoms with E-state index < -0.39 is 42.0 Å². The maximum atomic E-state index is 11.2. The molecule has 0 unspecified atom stereocenters. The summed E-state index contributed by atoms with van der Waals surface area (Å²) in [6, 6.07) is 0. The normalized spacial score (nSPS) is 11.8. The largest absolute Gasteiger partial charge is 0.477 e. The fourth-order valence-corrected chi connectivity index (χ4v) is 4.77. The number of allylic oxidation sites excluding steroid dienone is 1. The molecule has 0 spiro atoms. The van der Waals surface area contributed by atoms with E-state index in [1.54, 1.807) is 6.08 Å². The first-order valence-corrected chi connectivity index (χ1v) is 14.5. The Morgan fingerprint density at radius 3 is 1.06 bits per heavy atom. The summed E-state index contributed by atoms with van der Waals surface area (Å²) in [5, 5.41) is 27.3. The van der Waals surface area contributed by atoms with Crippen molar-refractivity contribution in [3.05, 3.63) is 12.3 Å². The number of aliphatic carboxylic acids is 3. The molecule has 0 atom stereocenters. The predicted octanol–water partition coefficient (Wildman–Crippen LogP) is 7.39. The van der Waals surface area contributed by atoms with Gasteiger partial charge in [0.15, 0.2) is 19.6 Å². The van der Waals surface area contributed by atoms with Crippen molar-refractivity contribution in [2.24, 2.45) is 0 Å². The average Bonchev–Trinajstić information content (AvgIpc) is 2.78. The first-order valence-electron chi connectivity index (χ1n) is 14.5. The molecule has 0 bridgehead atoms. The maximum Gasteiger partial charge on any atom is 0.359 e. The number of carboxylic acid groups (broad SMARTS) is 3. The summed E-state index contributed by atoms with van der Waals surface area (Å²) in [5.41, 5.74) is 0. The van der Waals surface area contributed by atoms with E-state index >= 15 is 0 Å². The van der Waals surface area contributed by atoms with E-state index in [0.717, 1.165) is 19.3 Å². The van der Waals surface area contributed by atoms with Crippen LogP contribution in [-0.2, 0) is 14.4 Å². The Labute approximate surface area is 219 Å². The highest BCUT2D eigenvalue weighted by molar-refractivity contribution is 5.73. The molecule has 0 heterocycles. The molecule has 36 heavy (non-hydrogen) atoms. The lowest BCUT2D eigenvalue weighted by molar-refractivity contribution is -0.857. The van der Waals surface area contributed by atoms with E-state index in [4.69, 9.17) is 15.3 Å². The van der Waals surface area contributed by atoms with E-state index in [1.807, 2.05) is 0 Å². The zero-order chi connectivity index (χ0) is 26.9. The molecule has 0 aliphatic heterocycles. The summed E-state index contributed by atoms with van der Waals surface area (Å²) >= 11 is 0. The lowest BCUT2D eigenvalue weighted by Crippen LogP contribution is -2.52. The van der Waals surface area contributed by atoms with Gasteiger partial charge in [0, 0.05) is 0 Å². The minimum Gasteiger partial charge on any atom is -0.477 e. The van der Waals surface area contributed by atoms with Crippen LogP contribution in [0.25, 0.3) is 0 Å². The van der Waals surface area contributed by atoms with E-state index in [9.17, 15) is 14.4 Å². The van der Waals surface area contributed by atoms with Gasteiger partial charge in [0.2, 0.25) is 0 Å². The second kappa shape index (κ2) is 23.5. The van der Waals surface area contributed by atoms with Gasteiger partial charge in [0.25, 0.3) is 0 Å². The van der Waals surface area contributed by atoms with Crippen LogP contribution in [0.1, 0.15) is 135 Å². The number of carbonyl (C=O) groups is 3.